The summed E-state index contributed by atoms with van der Waals surface area (Å²) in [7, 11) is 0. The number of aliphatic hydroxyl groups is 1. The maximum atomic E-state index is 9.38. The quantitative estimate of drug-likeness (QED) is 0.215. The van der Waals surface area contributed by atoms with Crippen molar-refractivity contribution in [1.29, 1.82) is 0 Å². The van der Waals surface area contributed by atoms with E-state index in [9.17, 15) is 5.11 Å². The second-order valence-electron chi connectivity index (χ2n) is 8.32. The first-order valence-electron chi connectivity index (χ1n) is 11.2. The summed E-state index contributed by atoms with van der Waals surface area (Å²) in [6.45, 7) is 12.4. The summed E-state index contributed by atoms with van der Waals surface area (Å²) in [5, 5.41) is 17.0. The Hall–Kier alpha value is -0.610. The van der Waals surface area contributed by atoms with E-state index in [0.717, 1.165) is 69.8 Å². The van der Waals surface area contributed by atoms with Gasteiger partial charge >= 0.3 is 0 Å². The third-order valence-electron chi connectivity index (χ3n) is 5.40. The molecule has 1 heterocycles. The average molecular weight is 567 g/mol. The minimum atomic E-state index is 0. The molecule has 1 fully saturated rings. The lowest BCUT2D eigenvalue weighted by Gasteiger charge is -2.35. The van der Waals surface area contributed by atoms with Crippen LogP contribution in [0.25, 0.3) is 0 Å². The number of rotatable bonds is 11. The smallest absolute Gasteiger partial charge is 0.191 e. The van der Waals surface area contributed by atoms with Gasteiger partial charge in [0.15, 0.2) is 5.96 Å². The number of aliphatic imine (C=N–C) groups is 1. The maximum Gasteiger partial charge on any atom is 0.191 e. The first-order chi connectivity index (χ1) is 14.5. The van der Waals surface area contributed by atoms with Crippen LogP contribution in [0.2, 0.25) is 5.02 Å². The summed E-state index contributed by atoms with van der Waals surface area (Å²) >= 11 is 6.11. The molecule has 2 unspecified atom stereocenters. The average Bonchev–Trinajstić information content (AvgIpc) is 2.73. The number of benzene rings is 1. The minimum absolute atomic E-state index is 0. The zero-order chi connectivity index (χ0) is 21.8. The van der Waals surface area contributed by atoms with Gasteiger partial charge in [-0.1, -0.05) is 37.6 Å². The summed E-state index contributed by atoms with van der Waals surface area (Å²) in [4.78, 5) is 7.28. The first kappa shape index (κ1) is 28.4. The lowest BCUT2D eigenvalue weighted by Crippen LogP contribution is -2.46. The second-order valence-corrected chi connectivity index (χ2v) is 8.76. The summed E-state index contributed by atoms with van der Waals surface area (Å²) in [5.41, 5.74) is 1.24. The van der Waals surface area contributed by atoms with Crippen LogP contribution < -0.4 is 10.6 Å². The van der Waals surface area contributed by atoms with E-state index in [1.165, 1.54) is 5.56 Å². The molecule has 2 rings (SSSR count). The van der Waals surface area contributed by atoms with E-state index in [1.807, 2.05) is 12.1 Å². The van der Waals surface area contributed by atoms with Gasteiger partial charge in [-0.3, -0.25) is 9.89 Å². The number of nitrogens with one attached hydrogen (secondary N) is 2. The normalized spacial score (nSPS) is 17.2. The SMILES string of the molecule is CCNC(=NCC(CCO)CC(C)C)NCC(c1ccc(Cl)cc1)N1CCOCC1.I. The molecule has 2 atom stereocenters. The Kier molecular flexibility index (Phi) is 14.7. The number of hydrogen-bond donors (Lipinski definition) is 3. The fraction of sp³-hybridized carbons (Fsp3) is 0.696. The molecule has 1 aromatic rings. The third kappa shape index (κ3) is 10.7. The van der Waals surface area contributed by atoms with E-state index in [1.54, 1.807) is 0 Å². The van der Waals surface area contributed by atoms with Gasteiger partial charge in [-0.15, -0.1) is 24.0 Å². The summed E-state index contributed by atoms with van der Waals surface area (Å²) in [6.07, 6.45) is 1.87. The summed E-state index contributed by atoms with van der Waals surface area (Å²) in [5.74, 6) is 1.83. The Labute approximate surface area is 210 Å². The molecule has 0 amide bonds. The molecule has 1 aliphatic heterocycles. The zero-order valence-electron chi connectivity index (χ0n) is 19.1. The number of ether oxygens (including phenoxy) is 1. The first-order valence-corrected chi connectivity index (χ1v) is 11.6. The van der Waals surface area contributed by atoms with Crippen molar-refractivity contribution in [3.05, 3.63) is 34.9 Å². The Morgan fingerprint density at radius 3 is 2.45 bits per heavy atom. The molecule has 0 aliphatic carbocycles. The molecule has 8 heteroatoms. The predicted molar refractivity (Wildman–Crippen MR) is 141 cm³/mol. The molecule has 31 heavy (non-hydrogen) atoms. The molecule has 3 N–H and O–H groups in total. The largest absolute Gasteiger partial charge is 0.396 e. The number of hydrogen-bond acceptors (Lipinski definition) is 4. The van der Waals surface area contributed by atoms with Crippen molar-refractivity contribution in [3.8, 4) is 0 Å². The molecule has 0 spiro atoms. The lowest BCUT2D eigenvalue weighted by molar-refractivity contribution is 0.0170. The van der Waals surface area contributed by atoms with Crippen LogP contribution in [0.1, 0.15) is 45.2 Å². The minimum Gasteiger partial charge on any atom is -0.396 e. The fourth-order valence-corrected chi connectivity index (χ4v) is 4.05. The van der Waals surface area contributed by atoms with Crippen LogP contribution in [0.15, 0.2) is 29.3 Å². The van der Waals surface area contributed by atoms with Crippen LogP contribution in [-0.4, -0.2) is 68.5 Å². The topological polar surface area (TPSA) is 69.1 Å². The van der Waals surface area contributed by atoms with Crippen LogP contribution in [0.4, 0.5) is 0 Å². The van der Waals surface area contributed by atoms with Crippen LogP contribution in [0.5, 0.6) is 0 Å². The van der Waals surface area contributed by atoms with E-state index in [-0.39, 0.29) is 36.6 Å². The Balaban J connectivity index is 0.00000480. The molecule has 178 valence electrons. The number of morpholine rings is 1. The molecule has 0 aromatic heterocycles. The van der Waals surface area contributed by atoms with Crippen molar-refractivity contribution in [2.24, 2.45) is 16.8 Å². The third-order valence-corrected chi connectivity index (χ3v) is 5.65. The standard InChI is InChI=1S/C23H39ClN4O2.HI/c1-4-25-23(26-16-19(9-12-29)15-18(2)3)27-17-22(28-10-13-30-14-11-28)20-5-7-21(24)8-6-20;/h5-8,18-19,22,29H,4,9-17H2,1-3H3,(H2,25,26,27);1H. The van der Waals surface area contributed by atoms with Crippen LogP contribution in [0, 0.1) is 11.8 Å². The number of guanidine groups is 1. The molecule has 1 saturated heterocycles. The lowest BCUT2D eigenvalue weighted by atomic mass is 9.94. The van der Waals surface area contributed by atoms with Gasteiger partial charge in [0, 0.05) is 44.4 Å². The van der Waals surface area contributed by atoms with Crippen molar-refractivity contribution in [2.45, 2.75) is 39.7 Å². The highest BCUT2D eigenvalue weighted by molar-refractivity contribution is 14.0. The van der Waals surface area contributed by atoms with Gasteiger partial charge in [-0.2, -0.15) is 0 Å². The zero-order valence-corrected chi connectivity index (χ0v) is 22.2. The Morgan fingerprint density at radius 1 is 1.19 bits per heavy atom. The number of nitrogens with zero attached hydrogens (tertiary/aromatic N) is 2. The van der Waals surface area contributed by atoms with Gasteiger partial charge in [-0.25, -0.2) is 0 Å². The van der Waals surface area contributed by atoms with E-state index in [2.05, 4.69) is 48.4 Å². The van der Waals surface area contributed by atoms with Gasteiger partial charge in [0.1, 0.15) is 0 Å². The molecule has 0 bridgehead atoms. The van der Waals surface area contributed by atoms with Crippen molar-refractivity contribution < 1.29 is 9.84 Å². The van der Waals surface area contributed by atoms with Crippen molar-refractivity contribution in [2.75, 3.05) is 52.5 Å². The molecular formula is C23H40ClIN4O2. The number of aliphatic hydroxyl groups excluding tert-OH is 1. The maximum absolute atomic E-state index is 9.38. The van der Waals surface area contributed by atoms with Crippen molar-refractivity contribution >= 4 is 41.5 Å². The monoisotopic (exact) mass is 566 g/mol. The molecular weight excluding hydrogens is 527 g/mol. The van der Waals surface area contributed by atoms with E-state index in [0.29, 0.717) is 11.8 Å². The summed E-state index contributed by atoms with van der Waals surface area (Å²) < 4.78 is 5.55. The van der Waals surface area contributed by atoms with Gasteiger partial charge < -0.3 is 20.5 Å². The van der Waals surface area contributed by atoms with Crippen LogP contribution >= 0.6 is 35.6 Å². The van der Waals surface area contributed by atoms with E-state index >= 15 is 0 Å². The summed E-state index contributed by atoms with van der Waals surface area (Å²) in [6, 6.07) is 8.34. The highest BCUT2D eigenvalue weighted by Crippen LogP contribution is 2.23. The second kappa shape index (κ2) is 16.1. The van der Waals surface area contributed by atoms with Crippen LogP contribution in [-0.2, 0) is 4.74 Å². The molecule has 0 saturated carbocycles. The number of halogens is 2. The Bertz CT molecular complexity index is 625. The van der Waals surface area contributed by atoms with E-state index < -0.39 is 0 Å². The Morgan fingerprint density at radius 2 is 1.87 bits per heavy atom. The molecule has 6 nitrogen and oxygen atoms in total. The highest BCUT2D eigenvalue weighted by Gasteiger charge is 2.23. The fourth-order valence-electron chi connectivity index (χ4n) is 3.92. The highest BCUT2D eigenvalue weighted by atomic mass is 127. The molecule has 1 aromatic carbocycles. The van der Waals surface area contributed by atoms with Gasteiger partial charge in [0.25, 0.3) is 0 Å². The van der Waals surface area contributed by atoms with E-state index in [4.69, 9.17) is 21.3 Å². The van der Waals surface area contributed by atoms with Crippen molar-refractivity contribution in [1.82, 2.24) is 15.5 Å². The predicted octanol–water partition coefficient (Wildman–Crippen LogP) is 3.93. The molecule has 0 radical (unpaired) electrons. The van der Waals surface area contributed by atoms with Gasteiger partial charge in [0.05, 0.1) is 19.3 Å². The molecule has 1 aliphatic rings. The van der Waals surface area contributed by atoms with Gasteiger partial charge in [0.2, 0.25) is 0 Å². The van der Waals surface area contributed by atoms with Crippen molar-refractivity contribution in [3.63, 3.8) is 0 Å². The van der Waals surface area contributed by atoms with Gasteiger partial charge in [-0.05, 0) is 49.3 Å². The van der Waals surface area contributed by atoms with Crippen LogP contribution in [0.3, 0.4) is 0 Å².